The number of nitrogens with zero attached hydrogens (tertiary/aromatic N) is 1. The summed E-state index contributed by atoms with van der Waals surface area (Å²) in [4.78, 5) is 0. The highest BCUT2D eigenvalue weighted by Crippen LogP contribution is 2.30. The summed E-state index contributed by atoms with van der Waals surface area (Å²) >= 11 is 0. The van der Waals surface area contributed by atoms with Crippen LogP contribution in [0.3, 0.4) is 0 Å². The van der Waals surface area contributed by atoms with E-state index in [2.05, 4.69) is 29.7 Å². The molecule has 0 saturated carbocycles. The van der Waals surface area contributed by atoms with Crippen molar-refractivity contribution in [3.05, 3.63) is 35.0 Å². The zero-order valence-corrected chi connectivity index (χ0v) is 10.7. The van der Waals surface area contributed by atoms with Gasteiger partial charge < -0.3 is 15.4 Å². The zero-order valence-electron chi connectivity index (χ0n) is 10.7. The van der Waals surface area contributed by atoms with Crippen LogP contribution >= 0.6 is 0 Å². The van der Waals surface area contributed by atoms with Crippen molar-refractivity contribution in [3.63, 3.8) is 0 Å². The number of hydrogen-bond donors (Lipinski definition) is 2. The fourth-order valence-corrected chi connectivity index (χ4v) is 2.41. The van der Waals surface area contributed by atoms with Gasteiger partial charge in [-0.1, -0.05) is 13.0 Å². The second-order valence-corrected chi connectivity index (χ2v) is 4.51. The summed E-state index contributed by atoms with van der Waals surface area (Å²) in [7, 11) is 2.02. The average Bonchev–Trinajstić information content (AvgIpc) is 2.60. The smallest absolute Gasteiger partial charge is 0.0935 e. The molecular weight excluding hydrogens is 212 g/mol. The molecule has 3 nitrogen and oxygen atoms in total. The van der Waals surface area contributed by atoms with Gasteiger partial charge in [-0.05, 0) is 31.0 Å². The molecule has 1 unspecified atom stereocenters. The minimum atomic E-state index is -0.578. The van der Waals surface area contributed by atoms with Crippen molar-refractivity contribution in [1.82, 2.24) is 4.57 Å². The number of aliphatic hydroxyl groups excluding tert-OH is 1. The first-order chi connectivity index (χ1) is 8.10. The van der Waals surface area contributed by atoms with Crippen LogP contribution < -0.4 is 5.73 Å². The molecule has 0 bridgehead atoms. The first-order valence-corrected chi connectivity index (χ1v) is 6.06. The molecule has 1 aromatic carbocycles. The van der Waals surface area contributed by atoms with Gasteiger partial charge >= 0.3 is 0 Å². The molecule has 0 aliphatic heterocycles. The standard InChI is InChI=1S/C14H20N2O/c1-4-10-5-6-12-11(7-10)14(13(17)8-15)9(2)16(12)3/h5-7,13,17H,4,8,15H2,1-3H3. The molecule has 2 aromatic rings. The molecule has 17 heavy (non-hydrogen) atoms. The third-order valence-electron chi connectivity index (χ3n) is 3.57. The van der Waals surface area contributed by atoms with Crippen LogP contribution in [-0.2, 0) is 13.5 Å². The number of benzene rings is 1. The van der Waals surface area contributed by atoms with Gasteiger partial charge in [-0.3, -0.25) is 0 Å². The van der Waals surface area contributed by atoms with Crippen molar-refractivity contribution in [1.29, 1.82) is 0 Å². The number of aliphatic hydroxyl groups is 1. The van der Waals surface area contributed by atoms with Gasteiger partial charge in [0.25, 0.3) is 0 Å². The van der Waals surface area contributed by atoms with Crippen LogP contribution in [0.4, 0.5) is 0 Å². The molecule has 2 rings (SSSR count). The summed E-state index contributed by atoms with van der Waals surface area (Å²) in [5.41, 5.74) is 10.1. The van der Waals surface area contributed by atoms with Gasteiger partial charge in [0.05, 0.1) is 6.10 Å². The Balaban J connectivity index is 2.75. The van der Waals surface area contributed by atoms with Crippen molar-refractivity contribution in [3.8, 4) is 0 Å². The number of nitrogens with two attached hydrogens (primary N) is 1. The lowest BCUT2D eigenvalue weighted by atomic mass is 10.0. The third-order valence-corrected chi connectivity index (χ3v) is 3.57. The lowest BCUT2D eigenvalue weighted by molar-refractivity contribution is 0.187. The van der Waals surface area contributed by atoms with E-state index in [4.69, 9.17) is 5.73 Å². The topological polar surface area (TPSA) is 51.2 Å². The summed E-state index contributed by atoms with van der Waals surface area (Å²) in [6, 6.07) is 6.42. The van der Waals surface area contributed by atoms with E-state index in [0.29, 0.717) is 0 Å². The highest BCUT2D eigenvalue weighted by atomic mass is 16.3. The second-order valence-electron chi connectivity index (χ2n) is 4.51. The predicted octanol–water partition coefficient (Wildman–Crippen LogP) is 2.04. The van der Waals surface area contributed by atoms with Crippen molar-refractivity contribution >= 4 is 10.9 Å². The lowest BCUT2D eigenvalue weighted by Gasteiger charge is -2.08. The maximum Gasteiger partial charge on any atom is 0.0935 e. The molecule has 1 aromatic heterocycles. The molecule has 0 saturated heterocycles. The fourth-order valence-electron chi connectivity index (χ4n) is 2.41. The summed E-state index contributed by atoms with van der Waals surface area (Å²) in [6.07, 6.45) is 0.424. The highest BCUT2D eigenvalue weighted by Gasteiger charge is 2.17. The molecule has 1 heterocycles. The number of fused-ring (bicyclic) bond motifs is 1. The SMILES string of the molecule is CCc1ccc2c(c1)c(C(O)CN)c(C)n2C. The van der Waals surface area contributed by atoms with Gasteiger partial charge in [0, 0.05) is 35.8 Å². The van der Waals surface area contributed by atoms with Gasteiger partial charge in [0.1, 0.15) is 0 Å². The Hall–Kier alpha value is -1.32. The average molecular weight is 232 g/mol. The van der Waals surface area contributed by atoms with E-state index in [0.717, 1.165) is 28.6 Å². The predicted molar refractivity (Wildman–Crippen MR) is 71.0 cm³/mol. The van der Waals surface area contributed by atoms with Crippen molar-refractivity contribution in [2.75, 3.05) is 6.54 Å². The zero-order chi connectivity index (χ0) is 12.6. The van der Waals surface area contributed by atoms with Crippen LogP contribution in [0.1, 0.15) is 29.8 Å². The van der Waals surface area contributed by atoms with E-state index in [1.807, 2.05) is 14.0 Å². The van der Waals surface area contributed by atoms with Gasteiger partial charge in [-0.2, -0.15) is 0 Å². The first-order valence-electron chi connectivity index (χ1n) is 6.06. The largest absolute Gasteiger partial charge is 0.387 e. The number of aryl methyl sites for hydroxylation is 2. The maximum atomic E-state index is 10.0. The molecule has 0 radical (unpaired) electrons. The van der Waals surface area contributed by atoms with Crippen LogP contribution in [0.15, 0.2) is 18.2 Å². The Morgan fingerprint density at radius 3 is 2.71 bits per heavy atom. The summed E-state index contributed by atoms with van der Waals surface area (Å²) in [6.45, 7) is 4.42. The van der Waals surface area contributed by atoms with Crippen LogP contribution in [-0.4, -0.2) is 16.2 Å². The van der Waals surface area contributed by atoms with Gasteiger partial charge in [-0.15, -0.1) is 0 Å². The summed E-state index contributed by atoms with van der Waals surface area (Å²) in [5.74, 6) is 0. The van der Waals surface area contributed by atoms with E-state index < -0.39 is 6.10 Å². The fraction of sp³-hybridized carbons (Fsp3) is 0.429. The van der Waals surface area contributed by atoms with Crippen LogP contribution in [0.5, 0.6) is 0 Å². The minimum absolute atomic E-state index is 0.260. The van der Waals surface area contributed by atoms with E-state index in [1.54, 1.807) is 0 Å². The molecular formula is C14H20N2O. The second kappa shape index (κ2) is 4.51. The van der Waals surface area contributed by atoms with Gasteiger partial charge in [0.2, 0.25) is 0 Å². The number of aromatic nitrogens is 1. The van der Waals surface area contributed by atoms with E-state index in [-0.39, 0.29) is 6.54 Å². The molecule has 0 aliphatic rings. The molecule has 1 atom stereocenters. The van der Waals surface area contributed by atoms with Gasteiger partial charge in [-0.25, -0.2) is 0 Å². The molecule has 92 valence electrons. The summed E-state index contributed by atoms with van der Waals surface area (Å²) in [5, 5.41) is 11.2. The van der Waals surface area contributed by atoms with Crippen molar-refractivity contribution < 1.29 is 5.11 Å². The number of rotatable bonds is 3. The molecule has 3 heteroatoms. The van der Waals surface area contributed by atoms with Gasteiger partial charge in [0.15, 0.2) is 0 Å². The quantitative estimate of drug-likeness (QED) is 0.851. The Kier molecular flexibility index (Phi) is 3.22. The number of hydrogen-bond acceptors (Lipinski definition) is 2. The van der Waals surface area contributed by atoms with Crippen molar-refractivity contribution in [2.24, 2.45) is 12.8 Å². The Labute approximate surface area is 102 Å². The normalized spacial score (nSPS) is 13.2. The Morgan fingerprint density at radius 2 is 2.12 bits per heavy atom. The third kappa shape index (κ3) is 1.85. The highest BCUT2D eigenvalue weighted by molar-refractivity contribution is 5.86. The van der Waals surface area contributed by atoms with Crippen LogP contribution in [0.2, 0.25) is 0 Å². The molecule has 0 aliphatic carbocycles. The van der Waals surface area contributed by atoms with Crippen LogP contribution in [0, 0.1) is 6.92 Å². The Bertz CT molecular complexity index is 543. The maximum absolute atomic E-state index is 10.0. The van der Waals surface area contributed by atoms with E-state index in [9.17, 15) is 5.11 Å². The van der Waals surface area contributed by atoms with E-state index in [1.165, 1.54) is 5.56 Å². The molecule has 0 spiro atoms. The monoisotopic (exact) mass is 232 g/mol. The minimum Gasteiger partial charge on any atom is -0.387 e. The summed E-state index contributed by atoms with van der Waals surface area (Å²) < 4.78 is 2.11. The first kappa shape index (κ1) is 12.1. The Morgan fingerprint density at radius 1 is 1.41 bits per heavy atom. The molecule has 0 amide bonds. The molecule has 0 fully saturated rings. The molecule has 3 N–H and O–H groups in total. The van der Waals surface area contributed by atoms with E-state index >= 15 is 0 Å². The van der Waals surface area contributed by atoms with Crippen LogP contribution in [0.25, 0.3) is 10.9 Å². The lowest BCUT2D eigenvalue weighted by Crippen LogP contribution is -2.12. The van der Waals surface area contributed by atoms with Crippen molar-refractivity contribution in [2.45, 2.75) is 26.4 Å².